The molecule has 0 radical (unpaired) electrons. The Hall–Kier alpha value is -0.910. The molecule has 0 atom stereocenters. The third-order valence-electron chi connectivity index (χ3n) is 2.64. The van der Waals surface area contributed by atoms with Gasteiger partial charge in [0.1, 0.15) is 9.84 Å². The highest BCUT2D eigenvalue weighted by Crippen LogP contribution is 2.24. The molecule has 0 aliphatic rings. The molecular weight excluding hydrogens is 266 g/mol. The molecule has 0 aliphatic heterocycles. The van der Waals surface area contributed by atoms with Crippen molar-refractivity contribution < 1.29 is 8.42 Å². The van der Waals surface area contributed by atoms with Crippen LogP contribution in [0.1, 0.15) is 11.3 Å². The number of sulfone groups is 1. The van der Waals surface area contributed by atoms with Gasteiger partial charge in [0.15, 0.2) is 0 Å². The van der Waals surface area contributed by atoms with E-state index < -0.39 is 9.84 Å². The van der Waals surface area contributed by atoms with E-state index in [9.17, 15) is 8.42 Å². The number of hydrogen-bond donors (Lipinski definition) is 1. The van der Waals surface area contributed by atoms with Gasteiger partial charge in [-0.1, -0.05) is 18.2 Å². The lowest BCUT2D eigenvalue weighted by molar-refractivity contribution is 0.594. The van der Waals surface area contributed by atoms with Crippen molar-refractivity contribution in [2.75, 3.05) is 18.6 Å². The van der Waals surface area contributed by atoms with E-state index in [0.29, 0.717) is 6.42 Å². The first kappa shape index (κ1) is 13.5. The van der Waals surface area contributed by atoms with Crippen LogP contribution in [0, 0.1) is 0 Å². The SMILES string of the molecule is CS(=O)(=O)CCCNCc1cc2ccccc2s1. The Morgan fingerprint density at radius 1 is 1.28 bits per heavy atom. The number of thiophene rings is 1. The molecule has 0 amide bonds. The summed E-state index contributed by atoms with van der Waals surface area (Å²) in [4.78, 5) is 1.29. The van der Waals surface area contributed by atoms with Gasteiger partial charge in [-0.15, -0.1) is 11.3 Å². The maximum Gasteiger partial charge on any atom is 0.147 e. The van der Waals surface area contributed by atoms with Crippen LogP contribution in [0.25, 0.3) is 10.1 Å². The molecule has 0 saturated carbocycles. The monoisotopic (exact) mass is 283 g/mol. The second kappa shape index (κ2) is 5.82. The summed E-state index contributed by atoms with van der Waals surface area (Å²) in [5, 5.41) is 4.55. The normalized spacial score (nSPS) is 12.1. The number of fused-ring (bicyclic) bond motifs is 1. The van der Waals surface area contributed by atoms with Crippen LogP contribution in [-0.2, 0) is 16.4 Å². The van der Waals surface area contributed by atoms with Crippen LogP contribution in [0.3, 0.4) is 0 Å². The van der Waals surface area contributed by atoms with E-state index in [1.807, 2.05) is 12.1 Å². The second-order valence-corrected chi connectivity index (χ2v) is 7.84. The fourth-order valence-corrected chi connectivity index (χ4v) is 3.50. The van der Waals surface area contributed by atoms with E-state index in [-0.39, 0.29) is 5.75 Å². The van der Waals surface area contributed by atoms with Gasteiger partial charge in [-0.05, 0) is 30.5 Å². The molecule has 0 spiro atoms. The highest BCUT2D eigenvalue weighted by Gasteiger charge is 2.02. The zero-order valence-corrected chi connectivity index (χ0v) is 12.0. The first-order valence-corrected chi connectivity index (χ1v) is 8.78. The molecule has 0 fully saturated rings. The molecule has 1 heterocycles. The average Bonchev–Trinajstić information content (AvgIpc) is 2.69. The van der Waals surface area contributed by atoms with Crippen LogP contribution in [0.5, 0.6) is 0 Å². The second-order valence-electron chi connectivity index (χ2n) is 4.41. The summed E-state index contributed by atoms with van der Waals surface area (Å²) in [6.07, 6.45) is 1.95. The summed E-state index contributed by atoms with van der Waals surface area (Å²) < 4.78 is 23.2. The summed E-state index contributed by atoms with van der Waals surface area (Å²) in [7, 11) is -2.83. The molecule has 1 aromatic heterocycles. The minimum atomic E-state index is -2.83. The molecular formula is C13H17NO2S2. The Bertz CT molecular complexity index is 584. The largest absolute Gasteiger partial charge is 0.312 e. The molecule has 0 aliphatic carbocycles. The van der Waals surface area contributed by atoms with Gasteiger partial charge >= 0.3 is 0 Å². The van der Waals surface area contributed by atoms with Crippen LogP contribution in [-0.4, -0.2) is 27.0 Å². The van der Waals surface area contributed by atoms with Gasteiger partial charge in [0.25, 0.3) is 0 Å². The predicted octanol–water partition coefficient (Wildman–Crippen LogP) is 2.43. The van der Waals surface area contributed by atoms with Crippen molar-refractivity contribution in [1.82, 2.24) is 5.32 Å². The molecule has 1 N–H and O–H groups in total. The fourth-order valence-electron chi connectivity index (χ4n) is 1.79. The average molecular weight is 283 g/mol. The zero-order valence-electron chi connectivity index (χ0n) is 10.3. The molecule has 2 rings (SSSR count). The number of hydrogen-bond acceptors (Lipinski definition) is 4. The molecule has 18 heavy (non-hydrogen) atoms. The smallest absolute Gasteiger partial charge is 0.147 e. The number of nitrogens with one attached hydrogen (secondary N) is 1. The summed E-state index contributed by atoms with van der Waals surface area (Å²) in [6, 6.07) is 10.5. The molecule has 0 unspecified atom stereocenters. The highest BCUT2D eigenvalue weighted by atomic mass is 32.2. The van der Waals surface area contributed by atoms with Crippen LogP contribution >= 0.6 is 11.3 Å². The minimum absolute atomic E-state index is 0.256. The van der Waals surface area contributed by atoms with Crippen molar-refractivity contribution in [1.29, 1.82) is 0 Å². The van der Waals surface area contributed by atoms with Crippen LogP contribution in [0.15, 0.2) is 30.3 Å². The maximum atomic E-state index is 11.0. The lowest BCUT2D eigenvalue weighted by Crippen LogP contribution is -2.17. The van der Waals surface area contributed by atoms with E-state index in [0.717, 1.165) is 13.1 Å². The Balaban J connectivity index is 1.80. The molecule has 1 aromatic carbocycles. The topological polar surface area (TPSA) is 46.2 Å². The summed E-state index contributed by atoms with van der Waals surface area (Å²) in [6.45, 7) is 1.55. The molecule has 2 aromatic rings. The van der Waals surface area contributed by atoms with Crippen LogP contribution < -0.4 is 5.32 Å². The Labute approximate surface area is 112 Å². The lowest BCUT2D eigenvalue weighted by Gasteiger charge is -2.01. The quantitative estimate of drug-likeness (QED) is 0.828. The maximum absolute atomic E-state index is 11.0. The van der Waals surface area contributed by atoms with Crippen LogP contribution in [0.2, 0.25) is 0 Å². The molecule has 0 saturated heterocycles. The molecule has 5 heteroatoms. The summed E-state index contributed by atoms with van der Waals surface area (Å²) >= 11 is 1.78. The third-order valence-corrected chi connectivity index (χ3v) is 4.79. The minimum Gasteiger partial charge on any atom is -0.312 e. The zero-order chi connectivity index (χ0) is 13.0. The van der Waals surface area contributed by atoms with Gasteiger partial charge in [-0.3, -0.25) is 0 Å². The van der Waals surface area contributed by atoms with Gasteiger partial charge in [0.2, 0.25) is 0 Å². The van der Waals surface area contributed by atoms with Crippen molar-refractivity contribution in [3.8, 4) is 0 Å². The number of rotatable bonds is 6. The standard InChI is InChI=1S/C13H17NO2S2/c1-18(15,16)8-4-7-14-10-12-9-11-5-2-3-6-13(11)17-12/h2-3,5-6,9,14H,4,7-8,10H2,1H3. The highest BCUT2D eigenvalue weighted by molar-refractivity contribution is 7.90. The van der Waals surface area contributed by atoms with Gasteiger partial charge < -0.3 is 5.32 Å². The van der Waals surface area contributed by atoms with Gasteiger partial charge in [0.05, 0.1) is 5.75 Å². The van der Waals surface area contributed by atoms with Crippen molar-refractivity contribution in [3.05, 3.63) is 35.2 Å². The van der Waals surface area contributed by atoms with Gasteiger partial charge in [0, 0.05) is 22.4 Å². The fraction of sp³-hybridized carbons (Fsp3) is 0.385. The van der Waals surface area contributed by atoms with E-state index in [4.69, 9.17) is 0 Å². The first-order valence-electron chi connectivity index (χ1n) is 5.90. The van der Waals surface area contributed by atoms with Crippen molar-refractivity contribution in [2.45, 2.75) is 13.0 Å². The Morgan fingerprint density at radius 3 is 2.78 bits per heavy atom. The first-order chi connectivity index (χ1) is 8.54. The van der Waals surface area contributed by atoms with Gasteiger partial charge in [-0.25, -0.2) is 8.42 Å². The summed E-state index contributed by atoms with van der Waals surface area (Å²) in [5.74, 6) is 0.256. The number of benzene rings is 1. The van der Waals surface area contributed by atoms with Gasteiger partial charge in [-0.2, -0.15) is 0 Å². The summed E-state index contributed by atoms with van der Waals surface area (Å²) in [5.41, 5.74) is 0. The molecule has 98 valence electrons. The van der Waals surface area contributed by atoms with Crippen molar-refractivity contribution >= 4 is 31.3 Å². The molecule has 3 nitrogen and oxygen atoms in total. The van der Waals surface area contributed by atoms with E-state index in [1.54, 1.807) is 11.3 Å². The molecule has 0 bridgehead atoms. The van der Waals surface area contributed by atoms with E-state index in [1.165, 1.54) is 21.2 Å². The van der Waals surface area contributed by atoms with E-state index in [2.05, 4.69) is 23.5 Å². The Kier molecular flexibility index (Phi) is 4.37. The predicted molar refractivity (Wildman–Crippen MR) is 77.9 cm³/mol. The lowest BCUT2D eigenvalue weighted by atomic mass is 10.2. The third kappa shape index (κ3) is 4.08. The Morgan fingerprint density at radius 2 is 2.06 bits per heavy atom. The van der Waals surface area contributed by atoms with Crippen LogP contribution in [0.4, 0.5) is 0 Å². The van der Waals surface area contributed by atoms with Crippen molar-refractivity contribution in [2.24, 2.45) is 0 Å². The van der Waals surface area contributed by atoms with E-state index >= 15 is 0 Å². The van der Waals surface area contributed by atoms with Crippen molar-refractivity contribution in [3.63, 3.8) is 0 Å².